The number of fused-ring (bicyclic) bond motifs is 1. The van der Waals surface area contributed by atoms with Crippen molar-refractivity contribution in [3.8, 4) is 0 Å². The van der Waals surface area contributed by atoms with Crippen LogP contribution in [0.1, 0.15) is 30.0 Å². The van der Waals surface area contributed by atoms with E-state index in [0.717, 1.165) is 12.6 Å². The quantitative estimate of drug-likeness (QED) is 0.714. The summed E-state index contributed by atoms with van der Waals surface area (Å²) < 4.78 is 0. The molecule has 0 heterocycles. The zero-order valence-corrected chi connectivity index (χ0v) is 10.1. The second-order valence-electron chi connectivity index (χ2n) is 4.74. The molecule has 0 amide bonds. The fourth-order valence-electron chi connectivity index (χ4n) is 2.50. The Morgan fingerprint density at radius 3 is 2.87 bits per heavy atom. The first kappa shape index (κ1) is 10.7. The van der Waals surface area contributed by atoms with Crippen LogP contribution in [-0.4, -0.2) is 24.5 Å². The van der Waals surface area contributed by atoms with Crippen molar-refractivity contribution in [1.29, 1.82) is 0 Å². The van der Waals surface area contributed by atoms with E-state index in [2.05, 4.69) is 44.0 Å². The summed E-state index contributed by atoms with van der Waals surface area (Å²) in [6.07, 6.45) is 3.81. The lowest BCUT2D eigenvalue weighted by Crippen LogP contribution is -2.36. The number of hydrogen-bond acceptors (Lipinski definition) is 1. The maximum atomic E-state index is 2.47. The first-order valence-corrected chi connectivity index (χ1v) is 5.99. The van der Waals surface area contributed by atoms with Gasteiger partial charge >= 0.3 is 0 Å². The molecule has 0 bridgehead atoms. The molecule has 0 spiro atoms. The monoisotopic (exact) mass is 203 g/mol. The Bertz CT molecular complexity index is 343. The topological polar surface area (TPSA) is 3.24 Å². The summed E-state index contributed by atoms with van der Waals surface area (Å²) in [4.78, 5) is 2.47. The molecule has 0 aliphatic heterocycles. The Hall–Kier alpha value is -0.820. The number of aryl methyl sites for hydroxylation is 2. The molecule has 0 saturated carbocycles. The van der Waals surface area contributed by atoms with Gasteiger partial charge in [-0.2, -0.15) is 0 Å². The second-order valence-corrected chi connectivity index (χ2v) is 4.74. The summed E-state index contributed by atoms with van der Waals surface area (Å²) >= 11 is 0. The summed E-state index contributed by atoms with van der Waals surface area (Å²) in [5.74, 6) is 0. The molecule has 0 fully saturated rings. The van der Waals surface area contributed by atoms with Gasteiger partial charge in [-0.1, -0.05) is 30.7 Å². The molecular weight excluding hydrogens is 182 g/mol. The van der Waals surface area contributed by atoms with Crippen LogP contribution in [0.15, 0.2) is 18.2 Å². The Labute approximate surface area is 93.1 Å². The lowest BCUT2D eigenvalue weighted by molar-refractivity contribution is 0.233. The van der Waals surface area contributed by atoms with Crippen LogP contribution in [0.4, 0.5) is 0 Å². The molecule has 0 radical (unpaired) electrons. The van der Waals surface area contributed by atoms with Gasteiger partial charge in [-0.15, -0.1) is 0 Å². The van der Waals surface area contributed by atoms with E-state index in [9.17, 15) is 0 Å². The first-order valence-electron chi connectivity index (χ1n) is 5.99. The van der Waals surface area contributed by atoms with E-state index in [4.69, 9.17) is 0 Å². The van der Waals surface area contributed by atoms with Crippen LogP contribution in [0.25, 0.3) is 0 Å². The molecule has 1 aromatic carbocycles. The minimum absolute atomic E-state index is 0.755. The largest absolute Gasteiger partial charge is 0.303 e. The molecule has 0 saturated heterocycles. The number of nitrogens with zero attached hydrogens (tertiary/aromatic N) is 1. The van der Waals surface area contributed by atoms with Gasteiger partial charge in [0.15, 0.2) is 0 Å². The third kappa shape index (κ3) is 2.23. The summed E-state index contributed by atoms with van der Waals surface area (Å²) in [5.41, 5.74) is 4.55. The van der Waals surface area contributed by atoms with E-state index in [0.29, 0.717) is 0 Å². The maximum Gasteiger partial charge on any atom is 0.0136 e. The van der Waals surface area contributed by atoms with Crippen molar-refractivity contribution in [2.24, 2.45) is 0 Å². The number of likely N-dealkylation sites (N-methyl/N-ethyl adjacent to an activating group) is 1. The Morgan fingerprint density at radius 2 is 2.13 bits per heavy atom. The molecule has 1 nitrogen and oxygen atoms in total. The molecule has 0 N–H and O–H groups in total. The van der Waals surface area contributed by atoms with E-state index in [-0.39, 0.29) is 0 Å². The molecule has 1 aromatic rings. The highest BCUT2D eigenvalue weighted by atomic mass is 15.1. The van der Waals surface area contributed by atoms with Gasteiger partial charge in [-0.3, -0.25) is 0 Å². The molecule has 1 aliphatic carbocycles. The van der Waals surface area contributed by atoms with Crippen molar-refractivity contribution >= 4 is 0 Å². The molecule has 1 aliphatic rings. The van der Waals surface area contributed by atoms with Crippen LogP contribution in [0.3, 0.4) is 0 Å². The molecule has 82 valence electrons. The number of rotatable bonds is 2. The minimum Gasteiger partial charge on any atom is -0.303 e. The highest BCUT2D eigenvalue weighted by Crippen LogP contribution is 2.24. The zero-order valence-electron chi connectivity index (χ0n) is 10.1. The highest BCUT2D eigenvalue weighted by Gasteiger charge is 2.20. The highest BCUT2D eigenvalue weighted by molar-refractivity contribution is 5.34. The lowest BCUT2D eigenvalue weighted by atomic mass is 9.87. The number of hydrogen-bond donors (Lipinski definition) is 0. The molecule has 1 heteroatoms. The van der Waals surface area contributed by atoms with E-state index in [1.807, 2.05) is 0 Å². The Balaban J connectivity index is 2.16. The fraction of sp³-hybridized carbons (Fsp3) is 0.571. The lowest BCUT2D eigenvalue weighted by Gasteiger charge is -2.31. The molecule has 2 rings (SSSR count). The number of benzene rings is 1. The van der Waals surface area contributed by atoms with Crippen LogP contribution in [0.5, 0.6) is 0 Å². The Morgan fingerprint density at radius 1 is 1.33 bits per heavy atom. The molecule has 1 atom stereocenters. The maximum absolute atomic E-state index is 2.47. The molecule has 15 heavy (non-hydrogen) atoms. The summed E-state index contributed by atoms with van der Waals surface area (Å²) in [5, 5.41) is 0. The van der Waals surface area contributed by atoms with Gasteiger partial charge in [0.25, 0.3) is 0 Å². The van der Waals surface area contributed by atoms with Crippen LogP contribution in [0, 0.1) is 6.92 Å². The minimum atomic E-state index is 0.755. The Kier molecular flexibility index (Phi) is 3.11. The predicted octanol–water partition coefficient (Wildman–Crippen LogP) is 2.80. The van der Waals surface area contributed by atoms with Crippen molar-refractivity contribution in [1.82, 2.24) is 4.90 Å². The summed E-state index contributed by atoms with van der Waals surface area (Å²) in [7, 11) is 2.24. The van der Waals surface area contributed by atoms with Gasteiger partial charge in [0.05, 0.1) is 0 Å². The van der Waals surface area contributed by atoms with Gasteiger partial charge < -0.3 is 4.90 Å². The standard InChI is InChI=1S/C14H21N/c1-4-15(3)14-8-7-12-9-11(2)5-6-13(12)10-14/h5-6,9,14H,4,7-8,10H2,1-3H3. The van der Waals surface area contributed by atoms with Gasteiger partial charge in [-0.25, -0.2) is 0 Å². The average Bonchev–Trinajstić information content (AvgIpc) is 2.27. The van der Waals surface area contributed by atoms with Crippen molar-refractivity contribution in [2.75, 3.05) is 13.6 Å². The van der Waals surface area contributed by atoms with Crippen molar-refractivity contribution < 1.29 is 0 Å². The van der Waals surface area contributed by atoms with E-state index in [1.54, 1.807) is 11.1 Å². The zero-order chi connectivity index (χ0) is 10.8. The van der Waals surface area contributed by atoms with Crippen molar-refractivity contribution in [3.05, 3.63) is 34.9 Å². The SMILES string of the molecule is CCN(C)C1CCc2cc(C)ccc2C1. The van der Waals surface area contributed by atoms with Crippen LogP contribution in [-0.2, 0) is 12.8 Å². The first-order chi connectivity index (χ1) is 7.20. The van der Waals surface area contributed by atoms with Gasteiger partial charge in [0.1, 0.15) is 0 Å². The average molecular weight is 203 g/mol. The van der Waals surface area contributed by atoms with Crippen LogP contribution < -0.4 is 0 Å². The normalized spacial score (nSPS) is 20.4. The summed E-state index contributed by atoms with van der Waals surface area (Å²) in [6, 6.07) is 7.68. The van der Waals surface area contributed by atoms with Crippen molar-refractivity contribution in [2.45, 2.75) is 39.2 Å². The van der Waals surface area contributed by atoms with E-state index in [1.165, 1.54) is 24.8 Å². The van der Waals surface area contributed by atoms with E-state index < -0.39 is 0 Å². The van der Waals surface area contributed by atoms with Crippen LogP contribution in [0.2, 0.25) is 0 Å². The molecular formula is C14H21N. The third-order valence-corrected chi connectivity index (χ3v) is 3.69. The van der Waals surface area contributed by atoms with Gasteiger partial charge in [-0.05, 0) is 50.9 Å². The molecule has 1 unspecified atom stereocenters. The summed E-state index contributed by atoms with van der Waals surface area (Å²) in [6.45, 7) is 5.58. The second kappa shape index (κ2) is 4.36. The van der Waals surface area contributed by atoms with E-state index >= 15 is 0 Å². The smallest absolute Gasteiger partial charge is 0.0136 e. The van der Waals surface area contributed by atoms with Gasteiger partial charge in [0, 0.05) is 6.04 Å². The van der Waals surface area contributed by atoms with Crippen molar-refractivity contribution in [3.63, 3.8) is 0 Å². The molecule has 0 aromatic heterocycles. The third-order valence-electron chi connectivity index (χ3n) is 3.69. The van der Waals surface area contributed by atoms with Crippen LogP contribution >= 0.6 is 0 Å². The fourth-order valence-corrected chi connectivity index (χ4v) is 2.50. The predicted molar refractivity (Wildman–Crippen MR) is 65.3 cm³/mol. The van der Waals surface area contributed by atoms with Gasteiger partial charge in [0.2, 0.25) is 0 Å².